The van der Waals surface area contributed by atoms with E-state index in [1.165, 1.54) is 19.3 Å². The maximum Gasteiger partial charge on any atom is 0.0976 e. The van der Waals surface area contributed by atoms with Gasteiger partial charge in [0.2, 0.25) is 0 Å². The monoisotopic (exact) mass is 300 g/mol. The molecule has 2 unspecified atom stereocenters. The summed E-state index contributed by atoms with van der Waals surface area (Å²) in [5.41, 5.74) is 0.937. The minimum absolute atomic E-state index is 0.0612. The molecule has 3 nitrogen and oxygen atoms in total. The van der Waals surface area contributed by atoms with E-state index >= 15 is 0 Å². The molecule has 1 saturated carbocycles. The Morgan fingerprint density at radius 2 is 2.11 bits per heavy atom. The first-order chi connectivity index (χ1) is 8.88. The number of nitrogens with one attached hydrogen (secondary N) is 1. The van der Waals surface area contributed by atoms with Crippen LogP contribution in [0.3, 0.4) is 0 Å². The third kappa shape index (κ3) is 3.77. The molecule has 1 heterocycles. The van der Waals surface area contributed by atoms with Crippen LogP contribution in [0.2, 0.25) is 5.02 Å². The molecule has 5 heteroatoms. The Labute approximate surface area is 122 Å². The van der Waals surface area contributed by atoms with Crippen molar-refractivity contribution in [1.29, 1.82) is 0 Å². The van der Waals surface area contributed by atoms with Crippen LogP contribution in [-0.4, -0.2) is 13.9 Å². The van der Waals surface area contributed by atoms with Crippen molar-refractivity contribution in [3.63, 3.8) is 0 Å². The molecule has 0 spiro atoms. The van der Waals surface area contributed by atoms with Gasteiger partial charge in [0.25, 0.3) is 0 Å². The molecular formula is C14H21ClN2OS. The SMILES string of the molecule is CC(C)(C)S(=O)NC(c1ccc(Cl)cn1)C1CCC1. The van der Waals surface area contributed by atoms with Crippen LogP contribution < -0.4 is 4.72 Å². The smallest absolute Gasteiger partial charge is 0.0976 e. The van der Waals surface area contributed by atoms with Gasteiger partial charge in [-0.05, 0) is 51.7 Å². The van der Waals surface area contributed by atoms with Crippen molar-refractivity contribution in [3.05, 3.63) is 29.0 Å². The maximum atomic E-state index is 12.3. The average Bonchev–Trinajstić information content (AvgIpc) is 2.25. The summed E-state index contributed by atoms with van der Waals surface area (Å²) in [6, 6.07) is 3.83. The lowest BCUT2D eigenvalue weighted by atomic mass is 9.79. The Morgan fingerprint density at radius 1 is 1.42 bits per heavy atom. The first kappa shape index (κ1) is 14.9. The number of halogens is 1. The zero-order valence-electron chi connectivity index (χ0n) is 11.6. The second-order valence-electron chi connectivity index (χ2n) is 6.07. The number of pyridine rings is 1. The van der Waals surface area contributed by atoms with E-state index in [4.69, 9.17) is 11.6 Å². The first-order valence-electron chi connectivity index (χ1n) is 6.67. The Bertz CT molecular complexity index is 452. The van der Waals surface area contributed by atoms with Crippen LogP contribution >= 0.6 is 11.6 Å². The second-order valence-corrected chi connectivity index (χ2v) is 8.50. The predicted octanol–water partition coefficient (Wildman–Crippen LogP) is 3.63. The molecule has 1 aromatic rings. The molecule has 0 bridgehead atoms. The average molecular weight is 301 g/mol. The zero-order valence-corrected chi connectivity index (χ0v) is 13.2. The Kier molecular flexibility index (Phi) is 4.64. The lowest BCUT2D eigenvalue weighted by molar-refractivity contribution is 0.249. The molecule has 0 saturated heterocycles. The Morgan fingerprint density at radius 3 is 2.53 bits per heavy atom. The molecule has 0 radical (unpaired) electrons. The van der Waals surface area contributed by atoms with Crippen LogP contribution in [0.1, 0.15) is 51.8 Å². The van der Waals surface area contributed by atoms with Crippen molar-refractivity contribution in [2.45, 2.75) is 50.8 Å². The molecular weight excluding hydrogens is 280 g/mol. The highest BCUT2D eigenvalue weighted by Crippen LogP contribution is 2.37. The summed E-state index contributed by atoms with van der Waals surface area (Å²) in [5.74, 6) is 0.528. The van der Waals surface area contributed by atoms with Gasteiger partial charge in [-0.25, -0.2) is 8.93 Å². The van der Waals surface area contributed by atoms with Gasteiger partial charge < -0.3 is 0 Å². The summed E-state index contributed by atoms with van der Waals surface area (Å²) < 4.78 is 15.3. The van der Waals surface area contributed by atoms with E-state index in [9.17, 15) is 4.21 Å². The van der Waals surface area contributed by atoms with Crippen LogP contribution in [0.25, 0.3) is 0 Å². The number of hydrogen-bond donors (Lipinski definition) is 1. The van der Waals surface area contributed by atoms with Crippen molar-refractivity contribution in [2.24, 2.45) is 5.92 Å². The number of hydrogen-bond acceptors (Lipinski definition) is 2. The van der Waals surface area contributed by atoms with Crippen LogP contribution in [0.4, 0.5) is 0 Å². The van der Waals surface area contributed by atoms with Crippen molar-refractivity contribution in [2.75, 3.05) is 0 Å². The van der Waals surface area contributed by atoms with E-state index in [1.807, 2.05) is 32.9 Å². The molecule has 1 aliphatic carbocycles. The fourth-order valence-corrected chi connectivity index (χ4v) is 3.04. The largest absolute Gasteiger partial charge is 0.258 e. The van der Waals surface area contributed by atoms with E-state index < -0.39 is 11.0 Å². The molecule has 106 valence electrons. The van der Waals surface area contributed by atoms with Crippen LogP contribution in [0, 0.1) is 5.92 Å². The van der Waals surface area contributed by atoms with Gasteiger partial charge >= 0.3 is 0 Å². The Hall–Kier alpha value is -0.450. The highest BCUT2D eigenvalue weighted by molar-refractivity contribution is 7.84. The summed E-state index contributed by atoms with van der Waals surface area (Å²) in [7, 11) is -1.08. The third-order valence-corrected chi connectivity index (χ3v) is 5.28. The molecule has 1 aromatic heterocycles. The lowest BCUT2D eigenvalue weighted by Gasteiger charge is -2.35. The second kappa shape index (κ2) is 5.90. The molecule has 19 heavy (non-hydrogen) atoms. The molecule has 0 aromatic carbocycles. The van der Waals surface area contributed by atoms with E-state index in [-0.39, 0.29) is 10.8 Å². The van der Waals surface area contributed by atoms with Crippen LogP contribution in [-0.2, 0) is 11.0 Å². The van der Waals surface area contributed by atoms with Gasteiger partial charge in [0.15, 0.2) is 0 Å². The fourth-order valence-electron chi connectivity index (χ4n) is 2.03. The standard InChI is InChI=1S/C14H21ClN2OS/c1-14(2,3)19(18)17-13(10-5-4-6-10)12-8-7-11(15)9-16-12/h7-10,13,17H,4-6H2,1-3H3. The Balaban J connectivity index is 2.16. The van der Waals surface area contributed by atoms with E-state index in [1.54, 1.807) is 6.20 Å². The van der Waals surface area contributed by atoms with Gasteiger partial charge in [0.1, 0.15) is 0 Å². The number of aromatic nitrogens is 1. The van der Waals surface area contributed by atoms with Gasteiger partial charge in [-0.15, -0.1) is 0 Å². The zero-order chi connectivity index (χ0) is 14.0. The van der Waals surface area contributed by atoms with Crippen molar-refractivity contribution >= 4 is 22.6 Å². The summed E-state index contributed by atoms with van der Waals surface area (Å²) in [5, 5.41) is 0.632. The lowest BCUT2D eigenvalue weighted by Crippen LogP contribution is -2.40. The fraction of sp³-hybridized carbons (Fsp3) is 0.643. The molecule has 0 aliphatic heterocycles. The van der Waals surface area contributed by atoms with Crippen molar-refractivity contribution < 1.29 is 4.21 Å². The molecule has 2 rings (SSSR count). The molecule has 2 atom stereocenters. The number of rotatable bonds is 4. The molecule has 1 N–H and O–H groups in total. The van der Waals surface area contributed by atoms with Crippen molar-refractivity contribution in [1.82, 2.24) is 9.71 Å². The summed E-state index contributed by atoms with van der Waals surface area (Å²) in [6.07, 6.45) is 5.25. The van der Waals surface area contributed by atoms with Crippen LogP contribution in [0.15, 0.2) is 18.3 Å². The molecule has 1 fully saturated rings. The number of nitrogens with zero attached hydrogens (tertiary/aromatic N) is 1. The van der Waals surface area contributed by atoms with E-state index in [0.717, 1.165) is 5.69 Å². The highest BCUT2D eigenvalue weighted by atomic mass is 35.5. The predicted molar refractivity (Wildman–Crippen MR) is 80.4 cm³/mol. The summed E-state index contributed by atoms with van der Waals surface area (Å²) in [4.78, 5) is 4.39. The van der Waals surface area contributed by atoms with E-state index in [0.29, 0.717) is 10.9 Å². The summed E-state index contributed by atoms with van der Waals surface area (Å²) >= 11 is 5.88. The third-order valence-electron chi connectivity index (χ3n) is 3.48. The normalized spacial score (nSPS) is 19.8. The minimum Gasteiger partial charge on any atom is -0.258 e. The van der Waals surface area contributed by atoms with Gasteiger partial charge in [-0.1, -0.05) is 18.0 Å². The quantitative estimate of drug-likeness (QED) is 0.922. The van der Waals surface area contributed by atoms with E-state index in [2.05, 4.69) is 9.71 Å². The van der Waals surface area contributed by atoms with Gasteiger partial charge in [0.05, 0.1) is 32.5 Å². The maximum absolute atomic E-state index is 12.3. The van der Waals surface area contributed by atoms with Gasteiger partial charge in [-0.2, -0.15) is 0 Å². The first-order valence-corrected chi connectivity index (χ1v) is 8.20. The molecule has 0 amide bonds. The minimum atomic E-state index is -1.08. The highest BCUT2D eigenvalue weighted by Gasteiger charge is 2.32. The van der Waals surface area contributed by atoms with Crippen LogP contribution in [0.5, 0.6) is 0 Å². The summed E-state index contributed by atoms with van der Waals surface area (Å²) in [6.45, 7) is 5.93. The van der Waals surface area contributed by atoms with Gasteiger partial charge in [0, 0.05) is 6.20 Å². The van der Waals surface area contributed by atoms with Gasteiger partial charge in [-0.3, -0.25) is 4.98 Å². The topological polar surface area (TPSA) is 42.0 Å². The molecule has 1 aliphatic rings. The van der Waals surface area contributed by atoms with Crippen molar-refractivity contribution in [3.8, 4) is 0 Å².